The molecule has 3 aromatic rings. The van der Waals surface area contributed by atoms with E-state index in [0.29, 0.717) is 35.6 Å². The van der Waals surface area contributed by atoms with Crippen LogP contribution >= 0.6 is 12.4 Å². The van der Waals surface area contributed by atoms with E-state index in [9.17, 15) is 64.1 Å². The van der Waals surface area contributed by atoms with E-state index in [0.717, 1.165) is 63.5 Å². The maximum atomic E-state index is 13.0. The van der Waals surface area contributed by atoms with E-state index in [1.807, 2.05) is 4.90 Å². The molecule has 0 spiro atoms. The molecule has 0 atom stereocenters. The second kappa shape index (κ2) is 18.2. The minimum Gasteiger partial charge on any atom is -0.398 e. The first-order chi connectivity index (χ1) is 27.6. The molecule has 9 nitrogen and oxygen atoms in total. The first-order valence-corrected chi connectivity index (χ1v) is 19.5. The van der Waals surface area contributed by atoms with E-state index in [-0.39, 0.29) is 36.2 Å². The highest BCUT2D eigenvalue weighted by molar-refractivity contribution is 5.85. The van der Waals surface area contributed by atoms with Crippen molar-refractivity contribution < 1.29 is 53.8 Å². The summed E-state index contributed by atoms with van der Waals surface area (Å²) in [7, 11) is 0. The van der Waals surface area contributed by atoms with E-state index in [1.165, 1.54) is 30.0 Å². The lowest BCUT2D eigenvalue weighted by atomic mass is 10.0. The lowest BCUT2D eigenvalue weighted by molar-refractivity contribution is -0.388. The van der Waals surface area contributed by atoms with Crippen LogP contribution in [-0.2, 0) is 18.5 Å². The molecule has 9 rings (SSSR count). The van der Waals surface area contributed by atoms with E-state index >= 15 is 0 Å². The zero-order valence-corrected chi connectivity index (χ0v) is 32.9. The summed E-state index contributed by atoms with van der Waals surface area (Å²) in [4.78, 5) is 22.9. The third kappa shape index (κ3) is 10.5. The summed E-state index contributed by atoms with van der Waals surface area (Å²) in [6, 6.07) is 10.2. The van der Waals surface area contributed by atoms with Crippen molar-refractivity contribution in [2.24, 2.45) is 11.8 Å². The van der Waals surface area contributed by atoms with Crippen molar-refractivity contribution in [1.29, 1.82) is 0 Å². The summed E-state index contributed by atoms with van der Waals surface area (Å²) >= 11 is 0. The van der Waals surface area contributed by atoms with Gasteiger partial charge in [-0.15, -0.1) is 12.4 Å². The third-order valence-corrected chi connectivity index (χ3v) is 12.4. The molecule has 6 bridgehead atoms. The number of nitro benzene ring substituents is 2. The first kappa shape index (κ1) is 46.5. The average molecular weight is 884 g/mol. The van der Waals surface area contributed by atoms with Crippen LogP contribution in [0.5, 0.6) is 0 Å². The second-order valence-corrected chi connectivity index (χ2v) is 16.0. The van der Waals surface area contributed by atoms with Crippen LogP contribution in [0.15, 0.2) is 54.6 Å². The van der Waals surface area contributed by atoms with Crippen LogP contribution in [0.3, 0.4) is 0 Å². The molecule has 3 aromatic carbocycles. The number of nitrogens with zero attached hydrogens (tertiary/aromatic N) is 4. The smallest absolute Gasteiger partial charge is 0.398 e. The van der Waals surface area contributed by atoms with Gasteiger partial charge in [-0.3, -0.25) is 20.2 Å². The second-order valence-electron chi connectivity index (χ2n) is 16.0. The molecule has 0 unspecified atom stereocenters. The van der Waals surface area contributed by atoms with E-state index in [2.05, 4.69) is 4.90 Å². The molecule has 60 heavy (non-hydrogen) atoms. The van der Waals surface area contributed by atoms with Crippen molar-refractivity contribution in [2.75, 3.05) is 15.5 Å². The molecule has 20 heteroatoms. The van der Waals surface area contributed by atoms with Gasteiger partial charge in [0.15, 0.2) is 0 Å². The lowest BCUT2D eigenvalue weighted by Gasteiger charge is -2.25. The van der Waals surface area contributed by atoms with Crippen LogP contribution in [-0.4, -0.2) is 34.0 Å². The number of benzene rings is 3. The normalized spacial score (nSPS) is 24.8. The molecule has 6 fully saturated rings. The van der Waals surface area contributed by atoms with Gasteiger partial charge in [0.05, 0.1) is 15.4 Å². The average Bonchev–Trinajstić information content (AvgIpc) is 4.05. The monoisotopic (exact) mass is 883 g/mol. The summed E-state index contributed by atoms with van der Waals surface area (Å²) in [5, 5.41) is 20.9. The molecule has 4 aliphatic heterocycles. The van der Waals surface area contributed by atoms with Gasteiger partial charge in [-0.2, -0.15) is 39.5 Å². The minimum atomic E-state index is -4.93. The molecule has 4 heterocycles. The number of hydrogen-bond acceptors (Lipinski definition) is 7. The van der Waals surface area contributed by atoms with E-state index in [4.69, 9.17) is 5.73 Å². The Balaban J connectivity index is 0.000000158. The number of nitrogens with two attached hydrogens (primary N) is 1. The van der Waals surface area contributed by atoms with Crippen LogP contribution in [0, 0.1) is 37.9 Å². The third-order valence-electron chi connectivity index (χ3n) is 12.4. The molecule has 0 amide bonds. The van der Waals surface area contributed by atoms with Gasteiger partial charge in [-0.1, -0.05) is 25.7 Å². The fourth-order valence-corrected chi connectivity index (χ4v) is 9.76. The largest absolute Gasteiger partial charge is 0.423 e. The Labute approximate surface area is 345 Å². The summed E-state index contributed by atoms with van der Waals surface area (Å²) in [6.45, 7) is 0. The van der Waals surface area contributed by atoms with Gasteiger partial charge in [0.25, 0.3) is 11.4 Å². The number of nitro groups is 2. The Morgan fingerprint density at radius 3 is 1.18 bits per heavy atom. The Kier molecular flexibility index (Phi) is 14.1. The molecular formula is C40H44ClF10N5O4. The van der Waals surface area contributed by atoms with Crippen molar-refractivity contribution in [3.05, 3.63) is 97.3 Å². The zero-order chi connectivity index (χ0) is 43.0. The van der Waals surface area contributed by atoms with E-state index < -0.39 is 62.3 Å². The fourth-order valence-electron chi connectivity index (χ4n) is 9.76. The number of hydrogen-bond donors (Lipinski definition) is 1. The molecule has 330 valence electrons. The van der Waals surface area contributed by atoms with Crippen molar-refractivity contribution in [3.63, 3.8) is 0 Å². The van der Waals surface area contributed by atoms with Gasteiger partial charge in [-0.05, 0) is 112 Å². The van der Waals surface area contributed by atoms with Crippen LogP contribution in [0.4, 0.5) is 72.3 Å². The summed E-state index contributed by atoms with van der Waals surface area (Å²) in [6.07, 6.45) is 2.14. The van der Waals surface area contributed by atoms with Crippen molar-refractivity contribution in [3.8, 4) is 0 Å². The Hall–Kier alpha value is -4.55. The Bertz CT molecular complexity index is 1960. The molecule has 0 aromatic heterocycles. The van der Waals surface area contributed by atoms with Gasteiger partial charge < -0.3 is 15.5 Å². The SMILES string of the molecule is C1CC2CCC1C2.Cl.Nc1ccc(N2C3CCC2CC3)cc1C(F)(F)F.O=[N+]([O-])c1ccc(F)cc1C(F)(F)F.O=[N+]([O-])c1ccc(N2C3CCC2CC3)cc1C(F)(F)F. The molecule has 4 saturated heterocycles. The maximum absolute atomic E-state index is 13.0. The molecule has 2 saturated carbocycles. The van der Waals surface area contributed by atoms with Crippen molar-refractivity contribution in [2.45, 2.75) is 126 Å². The molecule has 2 N–H and O–H groups in total. The van der Waals surface area contributed by atoms with Gasteiger partial charge in [-0.25, -0.2) is 4.39 Å². The van der Waals surface area contributed by atoms with Gasteiger partial charge in [0.2, 0.25) is 0 Å². The summed E-state index contributed by atoms with van der Waals surface area (Å²) in [5.74, 6) is 1.18. The zero-order valence-electron chi connectivity index (χ0n) is 32.0. The highest BCUT2D eigenvalue weighted by Gasteiger charge is 2.44. The molecular weight excluding hydrogens is 840 g/mol. The number of halogens is 11. The molecule has 2 aliphatic carbocycles. The van der Waals surface area contributed by atoms with Crippen LogP contribution in [0.25, 0.3) is 0 Å². The Morgan fingerprint density at radius 2 is 0.850 bits per heavy atom. The Morgan fingerprint density at radius 1 is 0.517 bits per heavy atom. The van der Waals surface area contributed by atoms with Crippen LogP contribution in [0.1, 0.15) is 100 Å². The number of anilines is 3. The molecule has 6 aliphatic rings. The maximum Gasteiger partial charge on any atom is 0.423 e. The highest BCUT2D eigenvalue weighted by Crippen LogP contribution is 2.46. The lowest BCUT2D eigenvalue weighted by Crippen LogP contribution is -2.28. The molecule has 0 radical (unpaired) electrons. The van der Waals surface area contributed by atoms with Crippen molar-refractivity contribution in [1.82, 2.24) is 0 Å². The number of alkyl halides is 9. The summed E-state index contributed by atoms with van der Waals surface area (Å²) < 4.78 is 126. The highest BCUT2D eigenvalue weighted by atomic mass is 35.5. The number of fused-ring (bicyclic) bond motifs is 6. The van der Waals surface area contributed by atoms with E-state index in [1.54, 1.807) is 38.2 Å². The number of nitrogen functional groups attached to an aromatic ring is 1. The van der Waals surface area contributed by atoms with Crippen LogP contribution in [0.2, 0.25) is 0 Å². The topological polar surface area (TPSA) is 119 Å². The predicted octanol–water partition coefficient (Wildman–Crippen LogP) is 12.5. The first-order valence-electron chi connectivity index (χ1n) is 19.5. The van der Waals surface area contributed by atoms with Gasteiger partial charge in [0, 0.05) is 53.4 Å². The van der Waals surface area contributed by atoms with Crippen molar-refractivity contribution >= 4 is 40.8 Å². The van der Waals surface area contributed by atoms with Gasteiger partial charge >= 0.3 is 18.5 Å². The number of rotatable bonds is 4. The minimum absolute atomic E-state index is 0. The standard InChI is InChI=1S/C13H13F3N2O2.C13H15F3N2.C7H3F4NO2.C7H12.ClH/c14-13(15,16)11-7-10(5-6-12(11)18(19)20)17-8-1-2-9(17)4-3-8;14-13(15,16)11-7-10(5-6-12(11)17)18-8-1-2-9(18)4-3-8;8-4-1-2-6(12(13)14)5(3-4)7(9,10)11;1-2-7-4-3-6(1)5-7;/h5-9H,1-4H2;5-9H,1-4,17H2;1-3H;6-7H,1-5H2;1H. The van der Waals surface area contributed by atoms with Crippen LogP contribution < -0.4 is 15.5 Å². The fraction of sp³-hybridized carbons (Fsp3) is 0.550. The summed E-state index contributed by atoms with van der Waals surface area (Å²) in [5.41, 5.74) is 0.850. The van der Waals surface area contributed by atoms with Gasteiger partial charge in [0.1, 0.15) is 16.9 Å². The predicted molar refractivity (Wildman–Crippen MR) is 206 cm³/mol. The quantitative estimate of drug-likeness (QED) is 0.120.